The number of hydrogen-bond donors (Lipinski definition) is 0. The molecule has 3 heterocycles. The van der Waals surface area contributed by atoms with Crippen LogP contribution < -0.4 is 4.74 Å². The molecular formula is C15H24N6OS. The second kappa shape index (κ2) is 7.35. The lowest BCUT2D eigenvalue weighted by atomic mass is 9.98. The summed E-state index contributed by atoms with van der Waals surface area (Å²) < 4.78 is 7.44. The molecular weight excluding hydrogens is 312 g/mol. The number of likely N-dealkylation sites (tertiary alicyclic amines) is 1. The third-order valence-corrected chi connectivity index (χ3v) is 4.89. The summed E-state index contributed by atoms with van der Waals surface area (Å²) in [6.07, 6.45) is 2.46. The van der Waals surface area contributed by atoms with Crippen LogP contribution in [-0.2, 0) is 13.1 Å². The Morgan fingerprint density at radius 2 is 2.17 bits per heavy atom. The Hall–Kier alpha value is -1.54. The molecule has 0 aromatic carbocycles. The van der Waals surface area contributed by atoms with E-state index >= 15 is 0 Å². The van der Waals surface area contributed by atoms with E-state index in [4.69, 9.17) is 4.74 Å². The van der Waals surface area contributed by atoms with Crippen LogP contribution >= 0.6 is 11.3 Å². The van der Waals surface area contributed by atoms with Gasteiger partial charge in [0.25, 0.3) is 5.19 Å². The lowest BCUT2D eigenvalue weighted by molar-refractivity contribution is 0.152. The molecule has 7 nitrogen and oxygen atoms in total. The van der Waals surface area contributed by atoms with Gasteiger partial charge in [-0.1, -0.05) is 11.3 Å². The molecule has 1 saturated heterocycles. The molecule has 2 aromatic rings. The normalized spacial score (nSPS) is 19.2. The summed E-state index contributed by atoms with van der Waals surface area (Å²) >= 11 is 1.55. The second-order valence-corrected chi connectivity index (χ2v) is 7.05. The van der Waals surface area contributed by atoms with Crippen LogP contribution in [0.2, 0.25) is 0 Å². The molecule has 0 amide bonds. The van der Waals surface area contributed by atoms with Crippen molar-refractivity contribution < 1.29 is 4.74 Å². The van der Waals surface area contributed by atoms with Gasteiger partial charge in [0.1, 0.15) is 16.7 Å². The quantitative estimate of drug-likeness (QED) is 0.804. The topological polar surface area (TPSA) is 69.0 Å². The van der Waals surface area contributed by atoms with Crippen molar-refractivity contribution in [2.45, 2.75) is 46.7 Å². The van der Waals surface area contributed by atoms with Gasteiger partial charge in [-0.15, -0.1) is 10.2 Å². The van der Waals surface area contributed by atoms with Gasteiger partial charge in [0, 0.05) is 13.1 Å². The number of aromatic nitrogens is 5. The number of rotatable bonds is 6. The fourth-order valence-electron chi connectivity index (χ4n) is 3.10. The van der Waals surface area contributed by atoms with Crippen molar-refractivity contribution in [1.82, 2.24) is 29.9 Å². The molecule has 1 aliphatic rings. The summed E-state index contributed by atoms with van der Waals surface area (Å²) in [4.78, 5) is 6.85. The molecule has 0 aliphatic carbocycles. The highest BCUT2D eigenvalue weighted by atomic mass is 32.1. The minimum Gasteiger partial charge on any atom is -0.469 e. The summed E-state index contributed by atoms with van der Waals surface area (Å²) in [5.74, 6) is 2.47. The van der Waals surface area contributed by atoms with Crippen LogP contribution in [-0.4, -0.2) is 49.6 Å². The van der Waals surface area contributed by atoms with Crippen molar-refractivity contribution in [1.29, 1.82) is 0 Å². The van der Waals surface area contributed by atoms with Crippen molar-refractivity contribution >= 4 is 11.3 Å². The van der Waals surface area contributed by atoms with Gasteiger partial charge in [-0.3, -0.25) is 4.90 Å². The summed E-state index contributed by atoms with van der Waals surface area (Å²) in [5, 5.41) is 14.5. The number of hydrogen-bond acceptors (Lipinski definition) is 7. The van der Waals surface area contributed by atoms with Crippen molar-refractivity contribution in [3.8, 4) is 5.19 Å². The molecule has 0 saturated carbocycles. The molecule has 0 bridgehead atoms. The average molecular weight is 336 g/mol. The first-order chi connectivity index (χ1) is 11.1. The van der Waals surface area contributed by atoms with Crippen molar-refractivity contribution in [3.63, 3.8) is 0 Å². The standard InChI is InChI=1S/C15H24N6OS/c1-4-22-15-18-17-14(23-15)10-20-7-5-6-13(8-20)9-21-12(3)16-11(2)19-21/h13H,4-10H2,1-3H3/t13-/m1/s1. The predicted octanol–water partition coefficient (Wildman–Crippen LogP) is 2.06. The molecule has 0 spiro atoms. The molecule has 0 unspecified atom stereocenters. The number of ether oxygens (including phenoxy) is 1. The molecule has 1 atom stereocenters. The molecule has 1 fully saturated rings. The van der Waals surface area contributed by atoms with Crippen molar-refractivity contribution in [2.24, 2.45) is 5.92 Å². The Balaban J connectivity index is 1.56. The van der Waals surface area contributed by atoms with E-state index in [1.165, 1.54) is 12.8 Å². The van der Waals surface area contributed by atoms with Gasteiger partial charge in [0.2, 0.25) is 0 Å². The van der Waals surface area contributed by atoms with Crippen molar-refractivity contribution in [3.05, 3.63) is 16.7 Å². The summed E-state index contributed by atoms with van der Waals surface area (Å²) in [6.45, 7) is 10.6. The summed E-state index contributed by atoms with van der Waals surface area (Å²) in [7, 11) is 0. The average Bonchev–Trinajstić information content (AvgIpc) is 3.07. The van der Waals surface area contributed by atoms with Crippen LogP contribution in [0.25, 0.3) is 0 Å². The predicted molar refractivity (Wildman–Crippen MR) is 88.6 cm³/mol. The highest BCUT2D eigenvalue weighted by Gasteiger charge is 2.22. The molecule has 0 radical (unpaired) electrons. The van der Waals surface area contributed by atoms with Crippen LogP contribution in [0.1, 0.15) is 36.4 Å². The monoisotopic (exact) mass is 336 g/mol. The van der Waals surface area contributed by atoms with E-state index in [1.54, 1.807) is 11.3 Å². The van der Waals surface area contributed by atoms with E-state index in [2.05, 4.69) is 25.2 Å². The SMILES string of the molecule is CCOc1nnc(CN2CCC[C@@H](Cn3nc(C)nc3C)C2)s1. The Morgan fingerprint density at radius 3 is 2.91 bits per heavy atom. The zero-order valence-electron chi connectivity index (χ0n) is 14.0. The van der Waals surface area contributed by atoms with Crippen LogP contribution in [0.4, 0.5) is 0 Å². The van der Waals surface area contributed by atoms with E-state index in [0.717, 1.165) is 42.8 Å². The Morgan fingerprint density at radius 1 is 1.30 bits per heavy atom. The molecule has 126 valence electrons. The van der Waals surface area contributed by atoms with Gasteiger partial charge in [0.15, 0.2) is 0 Å². The highest BCUT2D eigenvalue weighted by molar-refractivity contribution is 7.13. The van der Waals surface area contributed by atoms with E-state index in [1.807, 2.05) is 25.5 Å². The molecule has 2 aromatic heterocycles. The fraction of sp³-hybridized carbons (Fsp3) is 0.733. The highest BCUT2D eigenvalue weighted by Crippen LogP contribution is 2.23. The number of piperidine rings is 1. The first kappa shape index (κ1) is 16.3. The maximum absolute atomic E-state index is 5.40. The molecule has 8 heteroatoms. The third-order valence-electron chi connectivity index (χ3n) is 4.07. The van der Waals surface area contributed by atoms with E-state index in [0.29, 0.717) is 17.7 Å². The molecule has 0 N–H and O–H groups in total. The van der Waals surface area contributed by atoms with Gasteiger partial charge in [-0.2, -0.15) is 5.10 Å². The third kappa shape index (κ3) is 4.26. The van der Waals surface area contributed by atoms with Gasteiger partial charge in [-0.05, 0) is 46.1 Å². The van der Waals surface area contributed by atoms with Crippen LogP contribution in [0.5, 0.6) is 5.19 Å². The molecule has 23 heavy (non-hydrogen) atoms. The van der Waals surface area contributed by atoms with E-state index < -0.39 is 0 Å². The molecule has 3 rings (SSSR count). The molecule has 1 aliphatic heterocycles. The summed E-state index contributed by atoms with van der Waals surface area (Å²) in [6, 6.07) is 0. The lowest BCUT2D eigenvalue weighted by Crippen LogP contribution is -2.36. The van der Waals surface area contributed by atoms with Crippen molar-refractivity contribution in [2.75, 3.05) is 19.7 Å². The zero-order valence-corrected chi connectivity index (χ0v) is 14.8. The van der Waals surface area contributed by atoms with Crippen LogP contribution in [0.15, 0.2) is 0 Å². The largest absolute Gasteiger partial charge is 0.469 e. The first-order valence-electron chi connectivity index (χ1n) is 8.19. The summed E-state index contributed by atoms with van der Waals surface area (Å²) in [5.41, 5.74) is 0. The van der Waals surface area contributed by atoms with E-state index in [9.17, 15) is 0 Å². The van der Waals surface area contributed by atoms with Gasteiger partial charge in [-0.25, -0.2) is 9.67 Å². The van der Waals surface area contributed by atoms with Crippen LogP contribution in [0.3, 0.4) is 0 Å². The maximum Gasteiger partial charge on any atom is 0.294 e. The van der Waals surface area contributed by atoms with Crippen LogP contribution in [0, 0.1) is 19.8 Å². The van der Waals surface area contributed by atoms with Gasteiger partial charge in [0.05, 0.1) is 13.2 Å². The smallest absolute Gasteiger partial charge is 0.294 e. The first-order valence-corrected chi connectivity index (χ1v) is 9.01. The maximum atomic E-state index is 5.40. The second-order valence-electron chi connectivity index (χ2n) is 6.03. The van der Waals surface area contributed by atoms with Gasteiger partial charge >= 0.3 is 0 Å². The van der Waals surface area contributed by atoms with Gasteiger partial charge < -0.3 is 4.74 Å². The minimum absolute atomic E-state index is 0.614. The number of nitrogens with zero attached hydrogens (tertiary/aromatic N) is 6. The van der Waals surface area contributed by atoms with E-state index in [-0.39, 0.29) is 0 Å². The minimum atomic E-state index is 0.614. The Kier molecular flexibility index (Phi) is 5.22. The lowest BCUT2D eigenvalue weighted by Gasteiger charge is -2.32. The zero-order chi connectivity index (χ0) is 16.2. The number of aryl methyl sites for hydroxylation is 2. The fourth-order valence-corrected chi connectivity index (χ4v) is 3.89. The Labute approximate surface area is 140 Å². The Bertz CT molecular complexity index is 640.